The van der Waals surface area contributed by atoms with Crippen molar-refractivity contribution in [2.45, 2.75) is 0 Å². The van der Waals surface area contributed by atoms with E-state index >= 15 is 0 Å². The van der Waals surface area contributed by atoms with Crippen LogP contribution >= 0.6 is 22.6 Å². The molecule has 41 heavy (non-hydrogen) atoms. The van der Waals surface area contributed by atoms with Crippen molar-refractivity contribution in [2.24, 2.45) is 0 Å². The van der Waals surface area contributed by atoms with E-state index in [1.807, 2.05) is 12.1 Å². The Kier molecular flexibility index (Phi) is 22.9. The highest BCUT2D eigenvalue weighted by Gasteiger charge is 2.00. The first-order chi connectivity index (χ1) is 20.3. The smallest absolute Gasteiger partial charge is 0.119 e. The van der Waals surface area contributed by atoms with Gasteiger partial charge in [-0.3, -0.25) is 0 Å². The van der Waals surface area contributed by atoms with Gasteiger partial charge in [0.2, 0.25) is 0 Å². The molecule has 2 rings (SSSR count). The standard InChI is InChI=1S/C30H45IO10/c31-29-5-1-27(2-6-29)28-3-7-30(8-4-28)41-26-25-40-24-23-39-22-21-38-20-19-37-18-17-36-16-15-35-14-13-34-12-11-33-10-9-32/h1-8,32H,9-26H2. The molecule has 0 aromatic heterocycles. The highest BCUT2D eigenvalue weighted by atomic mass is 127. The molecular formula is C30H45IO10. The van der Waals surface area contributed by atoms with Crippen molar-refractivity contribution in [3.63, 3.8) is 0 Å². The summed E-state index contributed by atoms with van der Waals surface area (Å²) in [5.74, 6) is 0.828. The van der Waals surface area contributed by atoms with E-state index in [-0.39, 0.29) is 6.61 Å². The molecule has 0 radical (unpaired) electrons. The zero-order chi connectivity index (χ0) is 29.1. The Labute approximate surface area is 257 Å². The highest BCUT2D eigenvalue weighted by molar-refractivity contribution is 14.1. The SMILES string of the molecule is OCCOCCOCCOCCOCCOCCOCCOCCOCCOc1ccc(-c2ccc(I)cc2)cc1. The Morgan fingerprint density at radius 3 is 1.02 bits per heavy atom. The maximum absolute atomic E-state index is 8.57. The van der Waals surface area contributed by atoms with Gasteiger partial charge in [0.05, 0.1) is 112 Å². The molecule has 10 nitrogen and oxygen atoms in total. The third kappa shape index (κ3) is 20.2. The van der Waals surface area contributed by atoms with E-state index in [1.165, 1.54) is 14.7 Å². The van der Waals surface area contributed by atoms with Gasteiger partial charge >= 0.3 is 0 Å². The maximum atomic E-state index is 8.57. The third-order valence-corrected chi connectivity index (χ3v) is 6.09. The lowest BCUT2D eigenvalue weighted by Crippen LogP contribution is -2.15. The first-order valence-electron chi connectivity index (χ1n) is 14.0. The molecule has 0 aliphatic rings. The largest absolute Gasteiger partial charge is 0.491 e. The van der Waals surface area contributed by atoms with Crippen LogP contribution in [0.4, 0.5) is 0 Å². The van der Waals surface area contributed by atoms with E-state index in [2.05, 4.69) is 59.0 Å². The van der Waals surface area contributed by atoms with Crippen LogP contribution in [0, 0.1) is 3.57 Å². The molecule has 0 spiro atoms. The van der Waals surface area contributed by atoms with Crippen molar-refractivity contribution >= 4 is 22.6 Å². The molecule has 0 aliphatic carbocycles. The second-order valence-electron chi connectivity index (χ2n) is 8.50. The van der Waals surface area contributed by atoms with Crippen molar-refractivity contribution in [3.8, 4) is 16.9 Å². The Hall–Kier alpha value is -1.39. The summed E-state index contributed by atoms with van der Waals surface area (Å²) in [5.41, 5.74) is 2.36. The topological polar surface area (TPSA) is 103 Å². The molecule has 0 unspecified atom stereocenters. The molecular weight excluding hydrogens is 647 g/mol. The van der Waals surface area contributed by atoms with Crippen molar-refractivity contribution in [1.82, 2.24) is 0 Å². The van der Waals surface area contributed by atoms with Gasteiger partial charge in [0.1, 0.15) is 12.4 Å². The summed E-state index contributed by atoms with van der Waals surface area (Å²) in [7, 11) is 0. The fourth-order valence-electron chi connectivity index (χ4n) is 3.31. The van der Waals surface area contributed by atoms with Crippen LogP contribution in [0.2, 0.25) is 0 Å². The Balaban J connectivity index is 1.24. The van der Waals surface area contributed by atoms with Gasteiger partial charge in [-0.1, -0.05) is 24.3 Å². The molecule has 0 fully saturated rings. The lowest BCUT2D eigenvalue weighted by Gasteiger charge is -2.09. The molecule has 0 bridgehead atoms. The first-order valence-corrected chi connectivity index (χ1v) is 15.1. The van der Waals surface area contributed by atoms with Crippen LogP contribution in [0.1, 0.15) is 0 Å². The van der Waals surface area contributed by atoms with Crippen LogP contribution in [-0.2, 0) is 37.9 Å². The molecule has 232 valence electrons. The van der Waals surface area contributed by atoms with Gasteiger partial charge in [0.25, 0.3) is 0 Å². The van der Waals surface area contributed by atoms with Gasteiger partial charge in [-0.25, -0.2) is 0 Å². The fourth-order valence-corrected chi connectivity index (χ4v) is 3.67. The third-order valence-electron chi connectivity index (χ3n) is 5.37. The Morgan fingerprint density at radius 2 is 0.683 bits per heavy atom. The summed E-state index contributed by atoms with van der Waals surface area (Å²) in [6.07, 6.45) is 0. The lowest BCUT2D eigenvalue weighted by molar-refractivity contribution is -0.0242. The van der Waals surface area contributed by atoms with Gasteiger partial charge in [-0.05, 0) is 58.0 Å². The second kappa shape index (κ2) is 26.3. The summed E-state index contributed by atoms with van der Waals surface area (Å²) >= 11 is 2.31. The van der Waals surface area contributed by atoms with E-state index in [9.17, 15) is 0 Å². The number of rotatable bonds is 28. The quantitative estimate of drug-likeness (QED) is 0.105. The fraction of sp³-hybridized carbons (Fsp3) is 0.600. The van der Waals surface area contributed by atoms with E-state index in [0.29, 0.717) is 112 Å². The highest BCUT2D eigenvalue weighted by Crippen LogP contribution is 2.23. The van der Waals surface area contributed by atoms with E-state index < -0.39 is 0 Å². The number of hydrogen-bond acceptors (Lipinski definition) is 10. The predicted octanol–water partition coefficient (Wildman–Crippen LogP) is 3.46. The van der Waals surface area contributed by atoms with Crippen LogP contribution in [0.3, 0.4) is 0 Å². The zero-order valence-electron chi connectivity index (χ0n) is 23.8. The molecule has 0 aliphatic heterocycles. The van der Waals surface area contributed by atoms with Crippen molar-refractivity contribution in [2.75, 3.05) is 119 Å². The maximum Gasteiger partial charge on any atom is 0.119 e. The number of aliphatic hydroxyl groups is 1. The Bertz CT molecular complexity index is 838. The average Bonchev–Trinajstić information content (AvgIpc) is 2.99. The van der Waals surface area contributed by atoms with Crippen LogP contribution < -0.4 is 4.74 Å². The number of halogens is 1. The van der Waals surface area contributed by atoms with Gasteiger partial charge in [0, 0.05) is 3.57 Å². The molecule has 0 saturated carbocycles. The van der Waals surface area contributed by atoms with Crippen LogP contribution in [-0.4, -0.2) is 124 Å². The predicted molar refractivity (Wildman–Crippen MR) is 164 cm³/mol. The molecule has 0 saturated heterocycles. The number of aliphatic hydroxyl groups excluding tert-OH is 1. The summed E-state index contributed by atoms with van der Waals surface area (Å²) in [4.78, 5) is 0. The monoisotopic (exact) mass is 692 g/mol. The number of ether oxygens (including phenoxy) is 9. The minimum Gasteiger partial charge on any atom is -0.491 e. The molecule has 1 N–H and O–H groups in total. The number of hydrogen-bond donors (Lipinski definition) is 1. The van der Waals surface area contributed by atoms with E-state index in [1.54, 1.807) is 0 Å². The minimum absolute atomic E-state index is 0.0276. The second-order valence-corrected chi connectivity index (χ2v) is 9.75. The van der Waals surface area contributed by atoms with Gasteiger partial charge in [-0.15, -0.1) is 0 Å². The van der Waals surface area contributed by atoms with Crippen molar-refractivity contribution < 1.29 is 47.7 Å². The number of benzene rings is 2. The summed E-state index contributed by atoms with van der Waals surface area (Å²) in [6, 6.07) is 16.5. The van der Waals surface area contributed by atoms with Crippen LogP contribution in [0.15, 0.2) is 48.5 Å². The molecule has 2 aromatic carbocycles. The van der Waals surface area contributed by atoms with Gasteiger partial charge in [-0.2, -0.15) is 0 Å². The molecule has 0 heterocycles. The van der Waals surface area contributed by atoms with E-state index in [0.717, 1.165) is 5.75 Å². The first kappa shape index (κ1) is 35.8. The Morgan fingerprint density at radius 1 is 0.390 bits per heavy atom. The van der Waals surface area contributed by atoms with Gasteiger partial charge in [0.15, 0.2) is 0 Å². The molecule has 0 atom stereocenters. The summed E-state index contributed by atoms with van der Waals surface area (Å²) in [5, 5.41) is 8.57. The summed E-state index contributed by atoms with van der Waals surface area (Å²) in [6.45, 7) is 8.45. The lowest BCUT2D eigenvalue weighted by atomic mass is 10.1. The van der Waals surface area contributed by atoms with Gasteiger partial charge < -0.3 is 47.7 Å². The van der Waals surface area contributed by atoms with Crippen LogP contribution in [0.5, 0.6) is 5.75 Å². The zero-order valence-corrected chi connectivity index (χ0v) is 26.0. The average molecular weight is 693 g/mol. The normalized spacial score (nSPS) is 11.3. The van der Waals surface area contributed by atoms with E-state index in [4.69, 9.17) is 47.7 Å². The summed E-state index contributed by atoms with van der Waals surface area (Å²) < 4.78 is 50.2. The molecule has 11 heteroatoms. The van der Waals surface area contributed by atoms with Crippen molar-refractivity contribution in [3.05, 3.63) is 52.1 Å². The van der Waals surface area contributed by atoms with Crippen LogP contribution in [0.25, 0.3) is 11.1 Å². The van der Waals surface area contributed by atoms with Crippen molar-refractivity contribution in [1.29, 1.82) is 0 Å². The minimum atomic E-state index is 0.0276. The molecule has 0 amide bonds. The molecule has 2 aromatic rings.